The summed E-state index contributed by atoms with van der Waals surface area (Å²) in [6.07, 6.45) is 1.90. The second-order valence-electron chi connectivity index (χ2n) is 2.79. The van der Waals surface area contributed by atoms with Gasteiger partial charge in [0, 0.05) is 12.7 Å². The summed E-state index contributed by atoms with van der Waals surface area (Å²) in [5.41, 5.74) is 1.12. The van der Waals surface area contributed by atoms with Gasteiger partial charge in [0.1, 0.15) is 0 Å². The Hall–Kier alpha value is -0.800. The summed E-state index contributed by atoms with van der Waals surface area (Å²) in [5.74, 6) is 0. The SMILES string of the molecule is CCn1cccc1C1OCCO1. The lowest BCUT2D eigenvalue weighted by molar-refractivity contribution is -0.0495. The van der Waals surface area contributed by atoms with Crippen LogP contribution in [0.2, 0.25) is 0 Å². The van der Waals surface area contributed by atoms with Crippen LogP contribution in [0.15, 0.2) is 18.3 Å². The molecule has 1 aliphatic heterocycles. The highest BCUT2D eigenvalue weighted by Gasteiger charge is 2.20. The molecule has 1 saturated heterocycles. The number of rotatable bonds is 2. The highest BCUT2D eigenvalue weighted by Crippen LogP contribution is 2.23. The van der Waals surface area contributed by atoms with E-state index in [0.717, 1.165) is 12.2 Å². The Labute approximate surface area is 71.9 Å². The van der Waals surface area contributed by atoms with Crippen molar-refractivity contribution in [1.82, 2.24) is 4.57 Å². The fourth-order valence-electron chi connectivity index (χ4n) is 1.46. The highest BCUT2D eigenvalue weighted by atomic mass is 16.7. The normalized spacial score (nSPS) is 18.8. The fourth-order valence-corrected chi connectivity index (χ4v) is 1.46. The van der Waals surface area contributed by atoms with Crippen molar-refractivity contribution in [2.75, 3.05) is 13.2 Å². The molecule has 12 heavy (non-hydrogen) atoms. The van der Waals surface area contributed by atoms with Gasteiger partial charge in [-0.3, -0.25) is 0 Å². The largest absolute Gasteiger partial charge is 0.347 e. The van der Waals surface area contributed by atoms with E-state index in [-0.39, 0.29) is 6.29 Å². The summed E-state index contributed by atoms with van der Waals surface area (Å²) in [5, 5.41) is 0. The molecule has 1 fully saturated rings. The second kappa shape index (κ2) is 3.29. The third kappa shape index (κ3) is 1.26. The average molecular weight is 167 g/mol. The Balaban J connectivity index is 2.19. The van der Waals surface area contributed by atoms with E-state index in [1.165, 1.54) is 0 Å². The van der Waals surface area contributed by atoms with Crippen LogP contribution < -0.4 is 0 Å². The number of aryl methyl sites for hydroxylation is 1. The molecule has 1 aliphatic rings. The van der Waals surface area contributed by atoms with Crippen molar-refractivity contribution in [3.05, 3.63) is 24.0 Å². The van der Waals surface area contributed by atoms with Crippen LogP contribution >= 0.6 is 0 Å². The zero-order chi connectivity index (χ0) is 8.39. The molecule has 1 aromatic rings. The summed E-state index contributed by atoms with van der Waals surface area (Å²) in [6.45, 7) is 4.49. The Morgan fingerprint density at radius 1 is 1.50 bits per heavy atom. The standard InChI is InChI=1S/C9H13NO2/c1-2-10-5-3-4-8(10)9-11-6-7-12-9/h3-5,9H,2,6-7H2,1H3. The predicted molar refractivity (Wildman–Crippen MR) is 44.8 cm³/mol. The Kier molecular flexibility index (Phi) is 2.15. The van der Waals surface area contributed by atoms with Crippen molar-refractivity contribution < 1.29 is 9.47 Å². The quantitative estimate of drug-likeness (QED) is 0.667. The average Bonchev–Trinajstić information content (AvgIpc) is 2.74. The molecule has 3 nitrogen and oxygen atoms in total. The molecule has 66 valence electrons. The molecule has 0 amide bonds. The predicted octanol–water partition coefficient (Wildman–Crippen LogP) is 1.55. The van der Waals surface area contributed by atoms with Gasteiger partial charge in [0.25, 0.3) is 0 Å². The number of hydrogen-bond donors (Lipinski definition) is 0. The van der Waals surface area contributed by atoms with Crippen molar-refractivity contribution in [1.29, 1.82) is 0 Å². The molecule has 0 aromatic carbocycles. The molecule has 2 heterocycles. The Morgan fingerprint density at radius 3 is 2.92 bits per heavy atom. The molecule has 0 unspecified atom stereocenters. The second-order valence-corrected chi connectivity index (χ2v) is 2.79. The zero-order valence-corrected chi connectivity index (χ0v) is 7.19. The van der Waals surface area contributed by atoms with E-state index < -0.39 is 0 Å². The smallest absolute Gasteiger partial charge is 0.199 e. The molecule has 0 atom stereocenters. The van der Waals surface area contributed by atoms with Crippen LogP contribution in [0.3, 0.4) is 0 Å². The summed E-state index contributed by atoms with van der Waals surface area (Å²) >= 11 is 0. The summed E-state index contributed by atoms with van der Waals surface area (Å²) in [4.78, 5) is 0. The van der Waals surface area contributed by atoms with Gasteiger partial charge in [-0.2, -0.15) is 0 Å². The maximum Gasteiger partial charge on any atom is 0.199 e. The lowest BCUT2D eigenvalue weighted by atomic mass is 10.4. The van der Waals surface area contributed by atoms with E-state index in [1.54, 1.807) is 0 Å². The maximum atomic E-state index is 5.40. The van der Waals surface area contributed by atoms with Crippen molar-refractivity contribution >= 4 is 0 Å². The monoisotopic (exact) mass is 167 g/mol. The van der Waals surface area contributed by atoms with E-state index in [1.807, 2.05) is 18.3 Å². The van der Waals surface area contributed by atoms with Gasteiger partial charge < -0.3 is 14.0 Å². The zero-order valence-electron chi connectivity index (χ0n) is 7.19. The molecule has 0 spiro atoms. The number of ether oxygens (including phenoxy) is 2. The van der Waals surface area contributed by atoms with Crippen LogP contribution in [0.5, 0.6) is 0 Å². The van der Waals surface area contributed by atoms with Crippen LogP contribution in [-0.4, -0.2) is 17.8 Å². The fraction of sp³-hybridized carbons (Fsp3) is 0.556. The minimum atomic E-state index is -0.139. The van der Waals surface area contributed by atoms with Crippen LogP contribution in [0.1, 0.15) is 18.9 Å². The van der Waals surface area contributed by atoms with Crippen LogP contribution in [0.4, 0.5) is 0 Å². The Bertz CT molecular complexity index is 251. The first kappa shape index (κ1) is 7.83. The van der Waals surface area contributed by atoms with E-state index >= 15 is 0 Å². The van der Waals surface area contributed by atoms with Gasteiger partial charge in [0.2, 0.25) is 0 Å². The van der Waals surface area contributed by atoms with Gasteiger partial charge in [0.15, 0.2) is 6.29 Å². The van der Waals surface area contributed by atoms with Crippen LogP contribution in [-0.2, 0) is 16.0 Å². The van der Waals surface area contributed by atoms with Gasteiger partial charge in [-0.05, 0) is 19.1 Å². The molecule has 0 bridgehead atoms. The Morgan fingerprint density at radius 2 is 2.25 bits per heavy atom. The molecule has 1 aromatic heterocycles. The van der Waals surface area contributed by atoms with Gasteiger partial charge in [-0.25, -0.2) is 0 Å². The molecular weight excluding hydrogens is 154 g/mol. The molecule has 0 saturated carbocycles. The lowest BCUT2D eigenvalue weighted by Crippen LogP contribution is -2.06. The number of hydrogen-bond acceptors (Lipinski definition) is 2. The molecule has 2 rings (SSSR count). The highest BCUT2D eigenvalue weighted by molar-refractivity contribution is 5.09. The lowest BCUT2D eigenvalue weighted by Gasteiger charge is -2.11. The minimum absolute atomic E-state index is 0.139. The van der Waals surface area contributed by atoms with Gasteiger partial charge in [-0.15, -0.1) is 0 Å². The van der Waals surface area contributed by atoms with E-state index in [0.29, 0.717) is 13.2 Å². The van der Waals surface area contributed by atoms with Crippen LogP contribution in [0, 0.1) is 0 Å². The van der Waals surface area contributed by atoms with Crippen LogP contribution in [0.25, 0.3) is 0 Å². The summed E-state index contributed by atoms with van der Waals surface area (Å²) in [6, 6.07) is 4.06. The molecule has 0 aliphatic carbocycles. The summed E-state index contributed by atoms with van der Waals surface area (Å²) < 4.78 is 12.9. The molecule has 0 N–H and O–H groups in total. The molecular formula is C9H13NO2. The molecule has 0 radical (unpaired) electrons. The van der Waals surface area contributed by atoms with Crippen molar-refractivity contribution in [2.24, 2.45) is 0 Å². The first-order valence-electron chi connectivity index (χ1n) is 4.30. The molecule has 3 heteroatoms. The topological polar surface area (TPSA) is 23.4 Å². The van der Waals surface area contributed by atoms with E-state index in [9.17, 15) is 0 Å². The van der Waals surface area contributed by atoms with Gasteiger partial charge in [-0.1, -0.05) is 0 Å². The van der Waals surface area contributed by atoms with E-state index in [4.69, 9.17) is 9.47 Å². The van der Waals surface area contributed by atoms with Crippen molar-refractivity contribution in [2.45, 2.75) is 19.8 Å². The van der Waals surface area contributed by atoms with Gasteiger partial charge in [0.05, 0.1) is 18.9 Å². The van der Waals surface area contributed by atoms with Crippen molar-refractivity contribution in [3.63, 3.8) is 0 Å². The number of aromatic nitrogens is 1. The maximum absolute atomic E-state index is 5.40. The first-order valence-corrected chi connectivity index (χ1v) is 4.30. The third-order valence-corrected chi connectivity index (χ3v) is 2.07. The first-order chi connectivity index (χ1) is 5.92. The minimum Gasteiger partial charge on any atom is -0.347 e. The third-order valence-electron chi connectivity index (χ3n) is 2.07. The number of nitrogens with zero attached hydrogens (tertiary/aromatic N) is 1. The van der Waals surface area contributed by atoms with Crippen molar-refractivity contribution in [3.8, 4) is 0 Å². The van der Waals surface area contributed by atoms with E-state index in [2.05, 4.69) is 11.5 Å². The van der Waals surface area contributed by atoms with Gasteiger partial charge >= 0.3 is 0 Å². The summed E-state index contributed by atoms with van der Waals surface area (Å²) in [7, 11) is 0.